The number of benzene rings is 1. The van der Waals surface area contributed by atoms with E-state index in [1.165, 1.54) is 5.56 Å². The van der Waals surface area contributed by atoms with Gasteiger partial charge in [-0.25, -0.2) is 8.42 Å². The first-order chi connectivity index (χ1) is 8.98. The third-order valence-electron chi connectivity index (χ3n) is 3.14. The maximum Gasteiger partial charge on any atom is 0.150 e. The fraction of sp³-hybridized carbons (Fsp3) is 0.571. The molecule has 0 unspecified atom stereocenters. The Hall–Kier alpha value is -1.07. The molecule has 5 heteroatoms. The highest BCUT2D eigenvalue weighted by molar-refractivity contribution is 7.91. The Morgan fingerprint density at radius 3 is 2.42 bits per heavy atom. The largest absolute Gasteiger partial charge is 0.497 e. The minimum absolute atomic E-state index is 0.204. The van der Waals surface area contributed by atoms with Crippen molar-refractivity contribution in [3.8, 4) is 5.75 Å². The molecule has 0 spiro atoms. The Balaban J connectivity index is 2.36. The van der Waals surface area contributed by atoms with E-state index in [0.29, 0.717) is 13.0 Å². The van der Waals surface area contributed by atoms with Crippen LogP contribution < -0.4 is 10.1 Å². The zero-order valence-corrected chi connectivity index (χ0v) is 12.7. The zero-order valence-electron chi connectivity index (χ0n) is 11.8. The van der Waals surface area contributed by atoms with Crippen LogP contribution in [0.4, 0.5) is 0 Å². The van der Waals surface area contributed by atoms with Crippen molar-refractivity contribution in [3.05, 3.63) is 29.8 Å². The maximum absolute atomic E-state index is 11.3. The average molecular weight is 285 g/mol. The van der Waals surface area contributed by atoms with Crippen LogP contribution in [-0.2, 0) is 9.84 Å². The van der Waals surface area contributed by atoms with E-state index in [4.69, 9.17) is 4.74 Å². The van der Waals surface area contributed by atoms with Gasteiger partial charge in [0.25, 0.3) is 0 Å². The molecule has 1 aromatic carbocycles. The molecule has 0 aliphatic heterocycles. The van der Waals surface area contributed by atoms with E-state index in [0.717, 1.165) is 5.75 Å². The molecule has 108 valence electrons. The molecule has 4 nitrogen and oxygen atoms in total. The van der Waals surface area contributed by atoms with Gasteiger partial charge >= 0.3 is 0 Å². The summed E-state index contributed by atoms with van der Waals surface area (Å²) >= 11 is 0. The van der Waals surface area contributed by atoms with E-state index >= 15 is 0 Å². The molecule has 0 radical (unpaired) electrons. The molecule has 0 fully saturated rings. The lowest BCUT2D eigenvalue weighted by atomic mass is 10.1. The summed E-state index contributed by atoms with van der Waals surface area (Å²) in [5.74, 6) is 1.32. The normalized spacial score (nSPS) is 13.2. The molecule has 19 heavy (non-hydrogen) atoms. The first kappa shape index (κ1) is 16.0. The topological polar surface area (TPSA) is 55.4 Å². The van der Waals surface area contributed by atoms with Gasteiger partial charge in [-0.15, -0.1) is 0 Å². The van der Waals surface area contributed by atoms with E-state index in [9.17, 15) is 8.42 Å². The minimum atomic E-state index is -2.85. The Morgan fingerprint density at radius 2 is 1.89 bits per heavy atom. The zero-order chi connectivity index (χ0) is 14.3. The van der Waals surface area contributed by atoms with Crippen LogP contribution in [0.3, 0.4) is 0 Å². The van der Waals surface area contributed by atoms with Crippen molar-refractivity contribution in [2.24, 2.45) is 0 Å². The van der Waals surface area contributed by atoms with Crippen LogP contribution in [0.5, 0.6) is 5.75 Å². The van der Waals surface area contributed by atoms with Crippen LogP contribution in [-0.4, -0.2) is 33.6 Å². The summed E-state index contributed by atoms with van der Waals surface area (Å²) in [5, 5.41) is 3.33. The molecular weight excluding hydrogens is 262 g/mol. The van der Waals surface area contributed by atoms with E-state index < -0.39 is 9.84 Å². The van der Waals surface area contributed by atoms with Gasteiger partial charge in [-0.05, 0) is 37.6 Å². The Labute approximate surface area is 116 Å². The fourth-order valence-electron chi connectivity index (χ4n) is 1.77. The molecule has 0 aromatic heterocycles. The summed E-state index contributed by atoms with van der Waals surface area (Å²) < 4.78 is 27.8. The SMILES string of the molecule is CCS(=O)(=O)CCCN[C@@H](C)c1ccc(OC)cc1. The van der Waals surface area contributed by atoms with Crippen LogP contribution in [0.25, 0.3) is 0 Å². The second kappa shape index (κ2) is 7.50. The van der Waals surface area contributed by atoms with E-state index in [-0.39, 0.29) is 17.5 Å². The highest BCUT2D eigenvalue weighted by Crippen LogP contribution is 2.17. The molecule has 1 rings (SSSR count). The third kappa shape index (κ3) is 5.61. The molecule has 0 heterocycles. The van der Waals surface area contributed by atoms with E-state index in [1.54, 1.807) is 14.0 Å². The molecule has 0 saturated carbocycles. The lowest BCUT2D eigenvalue weighted by molar-refractivity contribution is 0.414. The predicted octanol–water partition coefficient (Wildman–Crippen LogP) is 2.17. The quantitative estimate of drug-likeness (QED) is 0.744. The number of ether oxygens (including phenoxy) is 1. The van der Waals surface area contributed by atoms with Gasteiger partial charge in [-0.1, -0.05) is 19.1 Å². The van der Waals surface area contributed by atoms with Crippen molar-refractivity contribution in [2.75, 3.05) is 25.2 Å². The van der Waals surface area contributed by atoms with Crippen LogP contribution in [0.1, 0.15) is 31.9 Å². The molecule has 0 aliphatic rings. The Bertz CT molecular complexity index is 468. The highest BCUT2D eigenvalue weighted by Gasteiger charge is 2.08. The standard InChI is InChI=1S/C14H23NO3S/c1-4-19(16,17)11-5-10-15-12(2)13-6-8-14(18-3)9-7-13/h6-9,12,15H,4-5,10-11H2,1-3H3/t12-/m0/s1. The lowest BCUT2D eigenvalue weighted by Crippen LogP contribution is -2.22. The van der Waals surface area contributed by atoms with Gasteiger partial charge in [0, 0.05) is 11.8 Å². The summed E-state index contributed by atoms with van der Waals surface area (Å²) in [6.07, 6.45) is 0.649. The summed E-state index contributed by atoms with van der Waals surface area (Å²) in [5.41, 5.74) is 1.17. The second-order valence-corrected chi connectivity index (χ2v) is 7.01. The van der Waals surface area contributed by atoms with Crippen molar-refractivity contribution in [3.63, 3.8) is 0 Å². The molecule has 0 saturated heterocycles. The molecular formula is C14H23NO3S. The van der Waals surface area contributed by atoms with E-state index in [2.05, 4.69) is 12.2 Å². The van der Waals surface area contributed by atoms with Gasteiger partial charge in [0.2, 0.25) is 0 Å². The smallest absolute Gasteiger partial charge is 0.150 e. The van der Waals surface area contributed by atoms with Crippen LogP contribution >= 0.6 is 0 Å². The van der Waals surface area contributed by atoms with Crippen LogP contribution in [0, 0.1) is 0 Å². The minimum Gasteiger partial charge on any atom is -0.497 e. The number of hydrogen-bond donors (Lipinski definition) is 1. The monoisotopic (exact) mass is 285 g/mol. The average Bonchev–Trinajstić information content (AvgIpc) is 2.43. The number of hydrogen-bond acceptors (Lipinski definition) is 4. The molecule has 1 aromatic rings. The summed E-state index contributed by atoms with van der Waals surface area (Å²) in [4.78, 5) is 0. The number of sulfone groups is 1. The Morgan fingerprint density at radius 1 is 1.26 bits per heavy atom. The lowest BCUT2D eigenvalue weighted by Gasteiger charge is -2.14. The van der Waals surface area contributed by atoms with Gasteiger partial charge in [-0.3, -0.25) is 0 Å². The van der Waals surface area contributed by atoms with Gasteiger partial charge < -0.3 is 10.1 Å². The molecule has 0 bridgehead atoms. The van der Waals surface area contributed by atoms with Crippen molar-refractivity contribution >= 4 is 9.84 Å². The van der Waals surface area contributed by atoms with Gasteiger partial charge in [0.1, 0.15) is 15.6 Å². The molecule has 1 atom stereocenters. The summed E-state index contributed by atoms with van der Waals surface area (Å²) in [6, 6.07) is 8.08. The van der Waals surface area contributed by atoms with Gasteiger partial charge in [-0.2, -0.15) is 0 Å². The summed E-state index contributed by atoms with van der Waals surface area (Å²) in [6.45, 7) is 4.45. The van der Waals surface area contributed by atoms with Crippen molar-refractivity contribution < 1.29 is 13.2 Å². The number of rotatable bonds is 8. The van der Waals surface area contributed by atoms with Crippen molar-refractivity contribution in [2.45, 2.75) is 26.3 Å². The third-order valence-corrected chi connectivity index (χ3v) is 4.93. The van der Waals surface area contributed by atoms with Crippen LogP contribution in [0.15, 0.2) is 24.3 Å². The second-order valence-electron chi connectivity index (χ2n) is 4.54. The first-order valence-electron chi connectivity index (χ1n) is 6.56. The fourth-order valence-corrected chi connectivity index (χ4v) is 2.64. The van der Waals surface area contributed by atoms with Gasteiger partial charge in [0.15, 0.2) is 0 Å². The van der Waals surface area contributed by atoms with E-state index in [1.807, 2.05) is 24.3 Å². The van der Waals surface area contributed by atoms with Gasteiger partial charge in [0.05, 0.1) is 12.9 Å². The Kier molecular flexibility index (Phi) is 6.31. The molecule has 0 aliphatic carbocycles. The number of methoxy groups -OCH3 is 1. The number of nitrogens with one attached hydrogen (secondary N) is 1. The highest BCUT2D eigenvalue weighted by atomic mass is 32.2. The summed E-state index contributed by atoms with van der Waals surface area (Å²) in [7, 11) is -1.20. The molecule has 1 N–H and O–H groups in total. The van der Waals surface area contributed by atoms with Crippen molar-refractivity contribution in [1.29, 1.82) is 0 Å². The van der Waals surface area contributed by atoms with Crippen molar-refractivity contribution in [1.82, 2.24) is 5.32 Å². The predicted molar refractivity (Wildman–Crippen MR) is 78.4 cm³/mol. The molecule has 0 amide bonds. The van der Waals surface area contributed by atoms with Crippen LogP contribution in [0.2, 0.25) is 0 Å². The maximum atomic E-state index is 11.3. The first-order valence-corrected chi connectivity index (χ1v) is 8.38.